The zero-order valence-corrected chi connectivity index (χ0v) is 28.9. The summed E-state index contributed by atoms with van der Waals surface area (Å²) in [6, 6.07) is 25.5. The Kier molecular flexibility index (Phi) is 10.4. The summed E-state index contributed by atoms with van der Waals surface area (Å²) >= 11 is 0. The van der Waals surface area contributed by atoms with E-state index in [1.165, 1.54) is 4.40 Å². The Hall–Kier alpha value is -4.65. The van der Waals surface area contributed by atoms with Crippen molar-refractivity contribution in [1.29, 1.82) is 0 Å². The van der Waals surface area contributed by atoms with Gasteiger partial charge in [0, 0.05) is 32.9 Å². The van der Waals surface area contributed by atoms with E-state index in [1.54, 1.807) is 43.0 Å². The van der Waals surface area contributed by atoms with Gasteiger partial charge < -0.3 is 33.3 Å². The second-order valence-electron chi connectivity index (χ2n) is 11.7. The Labute approximate surface area is 285 Å². The number of nitrogens with zero attached hydrogens (tertiary/aromatic N) is 6. The number of hydrogen-bond donors (Lipinski definition) is 1. The molecule has 0 saturated carbocycles. The Morgan fingerprint density at radius 3 is 2.14 bits per heavy atom. The number of benzene rings is 3. The Bertz CT molecular complexity index is 1900. The van der Waals surface area contributed by atoms with Crippen LogP contribution in [0.2, 0.25) is 0 Å². The van der Waals surface area contributed by atoms with Gasteiger partial charge in [-0.2, -0.15) is 15.0 Å². The molecule has 1 aliphatic heterocycles. The molecule has 49 heavy (non-hydrogen) atoms. The summed E-state index contributed by atoms with van der Waals surface area (Å²) in [6.07, 6.45) is 1.95. The molecule has 6 rings (SSSR count). The third-order valence-electron chi connectivity index (χ3n) is 8.67. The Morgan fingerprint density at radius 1 is 0.959 bits per heavy atom. The molecular weight excluding hydrogens is 647 g/mol. The van der Waals surface area contributed by atoms with Crippen LogP contribution in [0.1, 0.15) is 36.3 Å². The fourth-order valence-electron chi connectivity index (χ4n) is 5.92. The number of ether oxygens (including phenoxy) is 4. The van der Waals surface area contributed by atoms with Crippen molar-refractivity contribution in [2.45, 2.75) is 37.4 Å². The second kappa shape index (κ2) is 14.9. The largest absolute Gasteiger partial charge is 0.497 e. The lowest BCUT2D eigenvalue weighted by Crippen LogP contribution is -2.38. The van der Waals surface area contributed by atoms with E-state index in [-0.39, 0.29) is 12.6 Å². The fraction of sp³-hybridized carbons (Fsp3) is 0.314. The van der Waals surface area contributed by atoms with Gasteiger partial charge in [0.2, 0.25) is 5.78 Å². The summed E-state index contributed by atoms with van der Waals surface area (Å²) in [5.74, 6) is 2.44. The van der Waals surface area contributed by atoms with Crippen molar-refractivity contribution < 1.29 is 28.4 Å². The topological polar surface area (TPSA) is 134 Å². The van der Waals surface area contributed by atoms with E-state index in [0.29, 0.717) is 29.5 Å². The first-order valence-electron chi connectivity index (χ1n) is 15.7. The van der Waals surface area contributed by atoms with Gasteiger partial charge in [0.15, 0.2) is 9.03 Å². The molecule has 0 radical (unpaired) electrons. The quantitative estimate of drug-likeness (QED) is 0.0852. The number of imidazole rings is 1. The van der Waals surface area contributed by atoms with Crippen LogP contribution in [0.15, 0.2) is 101 Å². The Morgan fingerprint density at radius 2 is 1.57 bits per heavy atom. The van der Waals surface area contributed by atoms with Crippen molar-refractivity contribution in [3.05, 3.63) is 118 Å². The summed E-state index contributed by atoms with van der Waals surface area (Å²) in [4.78, 5) is 37.6. The minimum absolute atomic E-state index is 0.0466. The highest BCUT2D eigenvalue weighted by Crippen LogP contribution is 2.43. The van der Waals surface area contributed by atoms with Gasteiger partial charge >= 0.3 is 5.69 Å². The van der Waals surface area contributed by atoms with Gasteiger partial charge in [-0.3, -0.25) is 4.57 Å². The molecule has 1 unspecified atom stereocenters. The van der Waals surface area contributed by atoms with Crippen molar-refractivity contribution in [2.24, 2.45) is 4.99 Å². The van der Waals surface area contributed by atoms with Crippen molar-refractivity contribution >= 4 is 26.6 Å². The number of aromatic nitrogens is 4. The third kappa shape index (κ3) is 6.94. The minimum atomic E-state index is -1.08. The molecule has 0 amide bonds. The summed E-state index contributed by atoms with van der Waals surface area (Å²) < 4.78 is 33.5. The van der Waals surface area contributed by atoms with Crippen LogP contribution in [-0.4, -0.2) is 81.7 Å². The monoisotopic (exact) mass is 686 g/mol. The first-order chi connectivity index (χ1) is 23.8. The highest BCUT2D eigenvalue weighted by atomic mass is 31.1. The molecule has 2 aromatic heterocycles. The van der Waals surface area contributed by atoms with Crippen LogP contribution >= 0.6 is 9.03 Å². The van der Waals surface area contributed by atoms with Gasteiger partial charge in [-0.1, -0.05) is 54.6 Å². The standard InChI is InChI=1S/C35H39N6O7P/c1-23(39(2)3)36-32-37-33-40(19-20-41(33)34(42)38-32)31-21-29(48-49-43)30(47-31)22-46-35(24-9-7-6-8-10-24,25-11-15-27(44-4)16-12-25)26-13-17-28(45-5)18-14-26/h6-20,29-31,43,49H,21-22H2,1-5H3/b36-23+/t29-,30+,31+/m0/s1. The first kappa shape index (κ1) is 34.2. The molecule has 13 nitrogen and oxygen atoms in total. The molecule has 1 aliphatic rings. The Balaban J connectivity index is 1.38. The summed E-state index contributed by atoms with van der Waals surface area (Å²) in [7, 11) is 6.19. The van der Waals surface area contributed by atoms with Gasteiger partial charge in [0.1, 0.15) is 35.3 Å². The van der Waals surface area contributed by atoms with Crippen LogP contribution in [0, 0.1) is 0 Å². The van der Waals surface area contributed by atoms with Crippen molar-refractivity contribution in [3.63, 3.8) is 0 Å². The average molecular weight is 687 g/mol. The van der Waals surface area contributed by atoms with Crippen LogP contribution in [0.25, 0.3) is 5.78 Å². The number of amidine groups is 1. The lowest BCUT2D eigenvalue weighted by atomic mass is 9.80. The molecule has 256 valence electrons. The van der Waals surface area contributed by atoms with Gasteiger partial charge in [-0.15, -0.1) is 0 Å². The maximum absolute atomic E-state index is 12.9. The van der Waals surface area contributed by atoms with E-state index in [4.69, 9.17) is 23.5 Å². The molecule has 0 spiro atoms. The highest BCUT2D eigenvalue weighted by Gasteiger charge is 2.43. The summed E-state index contributed by atoms with van der Waals surface area (Å²) in [5.41, 5.74) is 1.05. The highest BCUT2D eigenvalue weighted by molar-refractivity contribution is 7.25. The molecule has 3 aromatic carbocycles. The van der Waals surface area contributed by atoms with E-state index in [1.807, 2.05) is 93.0 Å². The first-order valence-corrected chi connectivity index (χ1v) is 16.5. The molecule has 3 heterocycles. The molecule has 0 aliphatic carbocycles. The van der Waals surface area contributed by atoms with Gasteiger partial charge in [0.05, 0.1) is 26.9 Å². The average Bonchev–Trinajstić information content (AvgIpc) is 3.74. The third-order valence-corrected chi connectivity index (χ3v) is 9.07. The zero-order valence-electron chi connectivity index (χ0n) is 27.9. The normalized spacial score (nSPS) is 18.4. The maximum atomic E-state index is 12.9. The van der Waals surface area contributed by atoms with Gasteiger partial charge in [-0.05, 0) is 47.9 Å². The van der Waals surface area contributed by atoms with Crippen LogP contribution in [-0.2, 0) is 19.6 Å². The molecule has 0 bridgehead atoms. The maximum Gasteiger partial charge on any atom is 0.357 e. The zero-order chi connectivity index (χ0) is 34.5. The van der Waals surface area contributed by atoms with Crippen molar-refractivity contribution in [2.75, 3.05) is 34.9 Å². The predicted octanol–water partition coefficient (Wildman–Crippen LogP) is 4.70. The van der Waals surface area contributed by atoms with Crippen molar-refractivity contribution in [3.8, 4) is 11.5 Å². The molecule has 14 heteroatoms. The van der Waals surface area contributed by atoms with Gasteiger partial charge in [-0.25, -0.2) is 9.20 Å². The fourth-order valence-corrected chi connectivity index (χ4v) is 6.31. The van der Waals surface area contributed by atoms with Crippen molar-refractivity contribution in [1.82, 2.24) is 23.8 Å². The molecule has 5 aromatic rings. The number of fused-ring (bicyclic) bond motifs is 1. The number of hydrogen-bond acceptors (Lipinski definition) is 10. The van der Waals surface area contributed by atoms with Crippen LogP contribution in [0.5, 0.6) is 11.5 Å². The summed E-state index contributed by atoms with van der Waals surface area (Å²) in [5, 5.41) is 0. The van der Waals surface area contributed by atoms with E-state index >= 15 is 0 Å². The van der Waals surface area contributed by atoms with Crippen LogP contribution in [0.4, 0.5) is 5.95 Å². The van der Waals surface area contributed by atoms with E-state index in [9.17, 15) is 9.69 Å². The molecular formula is C35H39N6O7P. The molecule has 1 N–H and O–H groups in total. The lowest BCUT2D eigenvalue weighted by molar-refractivity contribution is -0.0896. The van der Waals surface area contributed by atoms with Crippen LogP contribution in [0.3, 0.4) is 0 Å². The predicted molar refractivity (Wildman–Crippen MR) is 186 cm³/mol. The second-order valence-corrected chi connectivity index (χ2v) is 12.1. The smallest absolute Gasteiger partial charge is 0.357 e. The molecule has 1 fully saturated rings. The SMILES string of the molecule is COc1ccc(C(OC[C@H]2O[C@@H](n3ccn4c(=O)nc(/N=C(\C)N(C)C)nc34)C[C@@H]2OPO)(c2ccccc2)c2ccc(OC)cc2)cc1. The number of methoxy groups -OCH3 is 2. The van der Waals surface area contributed by atoms with Gasteiger partial charge in [0.25, 0.3) is 5.95 Å². The lowest BCUT2D eigenvalue weighted by Gasteiger charge is -2.37. The number of aliphatic imine (C=N–C) groups is 1. The summed E-state index contributed by atoms with van der Waals surface area (Å²) in [6.45, 7) is 1.89. The van der Waals surface area contributed by atoms with E-state index in [0.717, 1.165) is 16.7 Å². The minimum Gasteiger partial charge on any atom is -0.497 e. The number of rotatable bonds is 12. The van der Waals surface area contributed by atoms with E-state index in [2.05, 4.69) is 15.0 Å². The molecule has 1 saturated heterocycles. The van der Waals surface area contributed by atoms with E-state index < -0.39 is 38.8 Å². The van der Waals surface area contributed by atoms with Crippen LogP contribution < -0.4 is 15.2 Å². The molecule has 4 atom stereocenters.